The van der Waals surface area contributed by atoms with Gasteiger partial charge in [-0.3, -0.25) is 0 Å². The lowest BCUT2D eigenvalue weighted by molar-refractivity contribution is 0.475. The SMILES string of the molecule is Oc1cccc(NC(c2ccccc2)c2ccco2)c1. The fourth-order valence-corrected chi connectivity index (χ4v) is 2.18. The van der Waals surface area contributed by atoms with E-state index in [0.717, 1.165) is 17.0 Å². The van der Waals surface area contributed by atoms with E-state index in [4.69, 9.17) is 4.42 Å². The van der Waals surface area contributed by atoms with Gasteiger partial charge in [0, 0.05) is 11.8 Å². The second-order valence-electron chi connectivity index (χ2n) is 4.55. The molecule has 2 N–H and O–H groups in total. The summed E-state index contributed by atoms with van der Waals surface area (Å²) in [5, 5.41) is 12.9. The van der Waals surface area contributed by atoms with E-state index in [9.17, 15) is 5.11 Å². The van der Waals surface area contributed by atoms with E-state index in [0.29, 0.717) is 0 Å². The highest BCUT2D eigenvalue weighted by Gasteiger charge is 2.16. The van der Waals surface area contributed by atoms with Gasteiger partial charge in [-0.15, -0.1) is 0 Å². The van der Waals surface area contributed by atoms with Crippen LogP contribution in [0, 0.1) is 0 Å². The number of anilines is 1. The lowest BCUT2D eigenvalue weighted by Gasteiger charge is -2.18. The summed E-state index contributed by atoms with van der Waals surface area (Å²) in [6.07, 6.45) is 1.66. The van der Waals surface area contributed by atoms with Gasteiger partial charge >= 0.3 is 0 Å². The van der Waals surface area contributed by atoms with Crippen molar-refractivity contribution in [3.63, 3.8) is 0 Å². The topological polar surface area (TPSA) is 45.4 Å². The van der Waals surface area contributed by atoms with Gasteiger partial charge in [-0.2, -0.15) is 0 Å². The number of rotatable bonds is 4. The van der Waals surface area contributed by atoms with Crippen LogP contribution >= 0.6 is 0 Å². The van der Waals surface area contributed by atoms with Crippen LogP contribution in [0.15, 0.2) is 77.4 Å². The number of aromatic hydroxyl groups is 1. The van der Waals surface area contributed by atoms with Crippen LogP contribution in [0.1, 0.15) is 17.4 Å². The van der Waals surface area contributed by atoms with Gasteiger partial charge in [-0.05, 0) is 29.8 Å². The van der Waals surface area contributed by atoms with Crippen LogP contribution in [0.3, 0.4) is 0 Å². The first-order valence-electron chi connectivity index (χ1n) is 6.47. The lowest BCUT2D eigenvalue weighted by Crippen LogP contribution is -2.11. The third-order valence-corrected chi connectivity index (χ3v) is 3.12. The van der Waals surface area contributed by atoms with Crippen molar-refractivity contribution in [2.45, 2.75) is 6.04 Å². The molecular weight excluding hydrogens is 250 g/mol. The van der Waals surface area contributed by atoms with Crippen molar-refractivity contribution < 1.29 is 9.52 Å². The molecule has 0 aliphatic heterocycles. The molecule has 100 valence electrons. The van der Waals surface area contributed by atoms with Gasteiger partial charge in [0.25, 0.3) is 0 Å². The Morgan fingerprint density at radius 2 is 1.75 bits per heavy atom. The summed E-state index contributed by atoms with van der Waals surface area (Å²) in [5.74, 6) is 1.07. The van der Waals surface area contributed by atoms with Gasteiger partial charge < -0.3 is 14.8 Å². The second-order valence-corrected chi connectivity index (χ2v) is 4.55. The molecule has 20 heavy (non-hydrogen) atoms. The maximum absolute atomic E-state index is 9.56. The molecule has 0 aliphatic carbocycles. The summed E-state index contributed by atoms with van der Waals surface area (Å²) in [4.78, 5) is 0. The van der Waals surface area contributed by atoms with Crippen molar-refractivity contribution in [3.05, 3.63) is 84.3 Å². The summed E-state index contributed by atoms with van der Waals surface area (Å²) in [5.41, 5.74) is 1.95. The molecule has 1 unspecified atom stereocenters. The lowest BCUT2D eigenvalue weighted by atomic mass is 10.0. The average Bonchev–Trinajstić information content (AvgIpc) is 3.00. The minimum Gasteiger partial charge on any atom is -0.508 e. The molecule has 0 fully saturated rings. The summed E-state index contributed by atoms with van der Waals surface area (Å²) >= 11 is 0. The summed E-state index contributed by atoms with van der Waals surface area (Å²) in [7, 11) is 0. The zero-order valence-corrected chi connectivity index (χ0v) is 10.9. The van der Waals surface area contributed by atoms with Gasteiger partial charge in [-0.1, -0.05) is 36.4 Å². The minimum atomic E-state index is -0.0898. The van der Waals surface area contributed by atoms with Crippen LogP contribution in [0.2, 0.25) is 0 Å². The van der Waals surface area contributed by atoms with Crippen molar-refractivity contribution >= 4 is 5.69 Å². The quantitative estimate of drug-likeness (QED) is 0.743. The van der Waals surface area contributed by atoms with Crippen molar-refractivity contribution in [3.8, 4) is 5.75 Å². The molecule has 0 aliphatic rings. The van der Waals surface area contributed by atoms with Crippen LogP contribution in [0.25, 0.3) is 0 Å². The maximum Gasteiger partial charge on any atom is 0.130 e. The van der Waals surface area contributed by atoms with E-state index in [1.807, 2.05) is 54.6 Å². The molecule has 1 atom stereocenters. The Labute approximate surface area is 117 Å². The first-order chi connectivity index (χ1) is 9.83. The number of phenolic OH excluding ortho intramolecular Hbond substituents is 1. The molecule has 0 spiro atoms. The van der Waals surface area contributed by atoms with Crippen LogP contribution in [-0.4, -0.2) is 5.11 Å². The standard InChI is InChI=1S/C17H15NO2/c19-15-9-4-8-14(12-15)18-17(16-10-5-11-20-16)13-6-2-1-3-7-13/h1-12,17-19H. The van der Waals surface area contributed by atoms with Gasteiger partial charge in [-0.25, -0.2) is 0 Å². The van der Waals surface area contributed by atoms with Gasteiger partial charge in [0.15, 0.2) is 0 Å². The third kappa shape index (κ3) is 2.67. The summed E-state index contributed by atoms with van der Waals surface area (Å²) in [6, 6.07) is 20.8. The Hall–Kier alpha value is -2.68. The molecular formula is C17H15NO2. The number of benzene rings is 2. The predicted octanol–water partition coefficient (Wildman–Crippen LogP) is 4.19. The molecule has 0 bridgehead atoms. The minimum absolute atomic E-state index is 0.0898. The van der Waals surface area contributed by atoms with Crippen molar-refractivity contribution in [1.82, 2.24) is 0 Å². The fourth-order valence-electron chi connectivity index (χ4n) is 2.18. The van der Waals surface area contributed by atoms with E-state index >= 15 is 0 Å². The van der Waals surface area contributed by atoms with Gasteiger partial charge in [0.05, 0.1) is 6.26 Å². The highest BCUT2D eigenvalue weighted by molar-refractivity contribution is 5.51. The van der Waals surface area contributed by atoms with E-state index < -0.39 is 0 Å². The van der Waals surface area contributed by atoms with E-state index in [1.54, 1.807) is 18.4 Å². The van der Waals surface area contributed by atoms with Crippen LogP contribution in [0.5, 0.6) is 5.75 Å². The average molecular weight is 265 g/mol. The Balaban J connectivity index is 1.95. The molecule has 2 aromatic carbocycles. The predicted molar refractivity (Wildman–Crippen MR) is 78.7 cm³/mol. The van der Waals surface area contributed by atoms with Crippen LogP contribution < -0.4 is 5.32 Å². The number of nitrogens with one attached hydrogen (secondary N) is 1. The first-order valence-corrected chi connectivity index (χ1v) is 6.47. The molecule has 0 saturated heterocycles. The monoisotopic (exact) mass is 265 g/mol. The summed E-state index contributed by atoms with van der Waals surface area (Å²) in [6.45, 7) is 0. The van der Waals surface area contributed by atoms with Crippen molar-refractivity contribution in [2.24, 2.45) is 0 Å². The molecule has 3 heteroatoms. The number of furan rings is 1. The van der Waals surface area contributed by atoms with E-state index in [1.165, 1.54) is 0 Å². The molecule has 1 heterocycles. The highest BCUT2D eigenvalue weighted by Crippen LogP contribution is 2.28. The Morgan fingerprint density at radius 1 is 0.900 bits per heavy atom. The maximum atomic E-state index is 9.56. The second kappa shape index (κ2) is 5.53. The number of hydrogen-bond donors (Lipinski definition) is 2. The smallest absolute Gasteiger partial charge is 0.130 e. The molecule has 0 radical (unpaired) electrons. The molecule has 3 aromatic rings. The zero-order valence-electron chi connectivity index (χ0n) is 10.9. The largest absolute Gasteiger partial charge is 0.508 e. The molecule has 0 amide bonds. The summed E-state index contributed by atoms with van der Waals surface area (Å²) < 4.78 is 5.53. The van der Waals surface area contributed by atoms with Crippen LogP contribution in [0.4, 0.5) is 5.69 Å². The van der Waals surface area contributed by atoms with Crippen LogP contribution in [-0.2, 0) is 0 Å². The first kappa shape index (κ1) is 12.4. The van der Waals surface area contributed by atoms with Crippen molar-refractivity contribution in [1.29, 1.82) is 0 Å². The molecule has 3 nitrogen and oxygen atoms in total. The Morgan fingerprint density at radius 3 is 2.45 bits per heavy atom. The zero-order chi connectivity index (χ0) is 13.8. The normalized spacial score (nSPS) is 12.0. The molecule has 1 aromatic heterocycles. The van der Waals surface area contributed by atoms with Crippen molar-refractivity contribution in [2.75, 3.05) is 5.32 Å². The molecule has 3 rings (SSSR count). The Bertz CT molecular complexity index is 662. The van der Waals surface area contributed by atoms with Gasteiger partial charge in [0.2, 0.25) is 0 Å². The highest BCUT2D eigenvalue weighted by atomic mass is 16.3. The number of phenols is 1. The number of hydrogen-bond acceptors (Lipinski definition) is 3. The fraction of sp³-hybridized carbons (Fsp3) is 0.0588. The molecule has 0 saturated carbocycles. The van der Waals surface area contributed by atoms with E-state index in [2.05, 4.69) is 5.32 Å². The Kier molecular flexibility index (Phi) is 3.42. The van der Waals surface area contributed by atoms with Gasteiger partial charge in [0.1, 0.15) is 17.6 Å². The van der Waals surface area contributed by atoms with E-state index in [-0.39, 0.29) is 11.8 Å². The third-order valence-electron chi connectivity index (χ3n) is 3.12.